The topological polar surface area (TPSA) is 36.3 Å². The van der Waals surface area contributed by atoms with E-state index in [0.717, 1.165) is 32.0 Å². The van der Waals surface area contributed by atoms with Gasteiger partial charge in [0.15, 0.2) is 0 Å². The fourth-order valence-corrected chi connectivity index (χ4v) is 2.01. The van der Waals surface area contributed by atoms with Crippen molar-refractivity contribution in [2.45, 2.75) is 34.2 Å². The number of ether oxygens (including phenoxy) is 1. The summed E-state index contributed by atoms with van der Waals surface area (Å²) >= 11 is 0. The van der Waals surface area contributed by atoms with Crippen molar-refractivity contribution < 1.29 is 4.74 Å². The highest BCUT2D eigenvalue weighted by atomic mass is 16.5. The molecule has 3 heteroatoms. The van der Waals surface area contributed by atoms with Crippen molar-refractivity contribution in [3.05, 3.63) is 29.8 Å². The van der Waals surface area contributed by atoms with Crippen LogP contribution >= 0.6 is 0 Å². The maximum Gasteiger partial charge on any atom is 0.123 e. The van der Waals surface area contributed by atoms with E-state index in [4.69, 9.17) is 10.00 Å². The van der Waals surface area contributed by atoms with E-state index >= 15 is 0 Å². The third-order valence-electron chi connectivity index (χ3n) is 3.14. The summed E-state index contributed by atoms with van der Waals surface area (Å²) in [5.41, 5.74) is 1.19. The van der Waals surface area contributed by atoms with Crippen molar-refractivity contribution in [3.8, 4) is 11.8 Å². The highest BCUT2D eigenvalue weighted by Crippen LogP contribution is 2.21. The molecule has 110 valence electrons. The number of para-hydroxylation sites is 1. The van der Waals surface area contributed by atoms with Crippen LogP contribution < -0.4 is 4.74 Å². The minimum Gasteiger partial charge on any atom is -0.493 e. The van der Waals surface area contributed by atoms with Crippen LogP contribution in [0.15, 0.2) is 24.3 Å². The van der Waals surface area contributed by atoms with Crippen molar-refractivity contribution in [3.63, 3.8) is 0 Å². The van der Waals surface area contributed by atoms with E-state index in [1.807, 2.05) is 25.1 Å². The predicted octanol–water partition coefficient (Wildman–Crippen LogP) is 3.70. The first-order valence-corrected chi connectivity index (χ1v) is 7.39. The number of nitrogens with zero attached hydrogens (tertiary/aromatic N) is 2. The highest BCUT2D eigenvalue weighted by Gasteiger charge is 2.11. The fourth-order valence-electron chi connectivity index (χ4n) is 2.01. The summed E-state index contributed by atoms with van der Waals surface area (Å²) < 4.78 is 5.88. The Labute approximate surface area is 123 Å². The first kappa shape index (κ1) is 16.5. The number of nitriles is 1. The Bertz CT molecular complexity index is 437. The van der Waals surface area contributed by atoms with Crippen molar-refractivity contribution in [2.24, 2.45) is 11.8 Å². The molecule has 1 atom stereocenters. The Kier molecular flexibility index (Phi) is 7.11. The lowest BCUT2D eigenvalue weighted by Crippen LogP contribution is -2.27. The average Bonchev–Trinajstić information content (AvgIpc) is 2.45. The van der Waals surface area contributed by atoms with Gasteiger partial charge in [-0.2, -0.15) is 5.26 Å². The van der Waals surface area contributed by atoms with Gasteiger partial charge in [0.25, 0.3) is 0 Å². The molecule has 0 fully saturated rings. The second-order valence-corrected chi connectivity index (χ2v) is 5.67. The molecule has 0 bridgehead atoms. The molecule has 1 aromatic rings. The van der Waals surface area contributed by atoms with Crippen molar-refractivity contribution in [1.82, 2.24) is 4.90 Å². The Morgan fingerprint density at radius 2 is 1.95 bits per heavy atom. The van der Waals surface area contributed by atoms with Gasteiger partial charge in [0.2, 0.25) is 0 Å². The average molecular weight is 274 g/mol. The normalized spacial score (nSPS) is 12.4. The van der Waals surface area contributed by atoms with E-state index in [-0.39, 0.29) is 5.92 Å². The molecule has 0 radical (unpaired) electrons. The zero-order valence-electron chi connectivity index (χ0n) is 13.1. The zero-order chi connectivity index (χ0) is 15.0. The molecule has 0 saturated heterocycles. The van der Waals surface area contributed by atoms with Crippen LogP contribution in [0.2, 0.25) is 0 Å². The van der Waals surface area contributed by atoms with Gasteiger partial charge in [0, 0.05) is 18.7 Å². The molecule has 0 aromatic heterocycles. The van der Waals surface area contributed by atoms with Crippen molar-refractivity contribution in [2.75, 3.05) is 19.7 Å². The molecule has 0 N–H and O–H groups in total. The van der Waals surface area contributed by atoms with Crippen LogP contribution in [0.5, 0.6) is 5.75 Å². The maximum absolute atomic E-state index is 8.94. The van der Waals surface area contributed by atoms with E-state index in [2.05, 4.69) is 37.8 Å². The van der Waals surface area contributed by atoms with Crippen LogP contribution in [-0.4, -0.2) is 24.6 Å². The summed E-state index contributed by atoms with van der Waals surface area (Å²) in [5, 5.41) is 8.94. The molecule has 1 rings (SSSR count). The Morgan fingerprint density at radius 1 is 1.25 bits per heavy atom. The van der Waals surface area contributed by atoms with Gasteiger partial charge >= 0.3 is 0 Å². The maximum atomic E-state index is 8.94. The molecule has 0 aliphatic heterocycles. The fraction of sp³-hybridized carbons (Fsp3) is 0.588. The lowest BCUT2D eigenvalue weighted by molar-refractivity contribution is 0.241. The Balaban J connectivity index is 2.72. The van der Waals surface area contributed by atoms with E-state index in [1.165, 1.54) is 5.56 Å². The summed E-state index contributed by atoms with van der Waals surface area (Å²) in [4.78, 5) is 2.28. The second kappa shape index (κ2) is 8.60. The number of hydrogen-bond donors (Lipinski definition) is 0. The quantitative estimate of drug-likeness (QED) is 0.725. The molecule has 3 nitrogen and oxygen atoms in total. The molecular formula is C17H26N2O. The number of rotatable bonds is 8. The summed E-state index contributed by atoms with van der Waals surface area (Å²) in [6, 6.07) is 10.5. The predicted molar refractivity (Wildman–Crippen MR) is 82.5 cm³/mol. The van der Waals surface area contributed by atoms with Crippen molar-refractivity contribution in [1.29, 1.82) is 5.26 Å². The van der Waals surface area contributed by atoms with Gasteiger partial charge in [-0.1, -0.05) is 39.0 Å². The molecule has 0 saturated carbocycles. The molecule has 20 heavy (non-hydrogen) atoms. The molecule has 0 unspecified atom stereocenters. The van der Waals surface area contributed by atoms with Gasteiger partial charge in [-0.25, -0.2) is 0 Å². The molecule has 0 heterocycles. The minimum absolute atomic E-state index is 0.0543. The molecule has 0 spiro atoms. The van der Waals surface area contributed by atoms with Gasteiger partial charge in [0.05, 0.1) is 18.6 Å². The summed E-state index contributed by atoms with van der Waals surface area (Å²) in [7, 11) is 0. The lowest BCUT2D eigenvalue weighted by atomic mass is 10.1. The van der Waals surface area contributed by atoms with E-state index in [0.29, 0.717) is 5.92 Å². The van der Waals surface area contributed by atoms with Crippen LogP contribution in [0.1, 0.15) is 33.3 Å². The van der Waals surface area contributed by atoms with Crippen LogP contribution in [0.25, 0.3) is 0 Å². The summed E-state index contributed by atoms with van der Waals surface area (Å²) in [5.74, 6) is 1.53. The van der Waals surface area contributed by atoms with Gasteiger partial charge in [-0.3, -0.25) is 4.90 Å². The van der Waals surface area contributed by atoms with Gasteiger partial charge in [-0.05, 0) is 25.5 Å². The minimum atomic E-state index is 0.0543. The highest BCUT2D eigenvalue weighted by molar-refractivity contribution is 5.33. The molecule has 0 amide bonds. The monoisotopic (exact) mass is 274 g/mol. The zero-order valence-corrected chi connectivity index (χ0v) is 13.1. The third-order valence-corrected chi connectivity index (χ3v) is 3.14. The standard InChI is InChI=1S/C17H26N2O/c1-5-19(11-15(4)10-18)12-16-8-6-7-9-17(16)20-13-14(2)3/h6-9,14-15H,5,11-13H2,1-4H3/t15-/m0/s1. The van der Waals surface area contributed by atoms with Gasteiger partial charge < -0.3 is 4.74 Å². The van der Waals surface area contributed by atoms with Crippen LogP contribution in [0, 0.1) is 23.2 Å². The lowest BCUT2D eigenvalue weighted by Gasteiger charge is -2.23. The Hall–Kier alpha value is -1.53. The largest absolute Gasteiger partial charge is 0.493 e. The smallest absolute Gasteiger partial charge is 0.123 e. The SMILES string of the molecule is CCN(Cc1ccccc1OCC(C)C)C[C@@H](C)C#N. The second-order valence-electron chi connectivity index (χ2n) is 5.67. The number of benzene rings is 1. The molecule has 0 aliphatic carbocycles. The van der Waals surface area contributed by atoms with Gasteiger partial charge in [-0.15, -0.1) is 0 Å². The van der Waals surface area contributed by atoms with Crippen LogP contribution in [0.3, 0.4) is 0 Å². The van der Waals surface area contributed by atoms with E-state index < -0.39 is 0 Å². The number of hydrogen-bond acceptors (Lipinski definition) is 3. The molecular weight excluding hydrogens is 248 g/mol. The molecule has 0 aliphatic rings. The molecule has 1 aromatic carbocycles. The Morgan fingerprint density at radius 3 is 2.55 bits per heavy atom. The summed E-state index contributed by atoms with van der Waals surface area (Å²) in [6.45, 7) is 11.7. The van der Waals surface area contributed by atoms with E-state index in [9.17, 15) is 0 Å². The van der Waals surface area contributed by atoms with E-state index in [1.54, 1.807) is 0 Å². The van der Waals surface area contributed by atoms with Gasteiger partial charge in [0.1, 0.15) is 5.75 Å². The van der Waals surface area contributed by atoms with Crippen LogP contribution in [0.4, 0.5) is 0 Å². The first-order valence-electron chi connectivity index (χ1n) is 7.39. The summed E-state index contributed by atoms with van der Waals surface area (Å²) in [6.07, 6.45) is 0. The first-order chi connectivity index (χ1) is 9.56. The van der Waals surface area contributed by atoms with Crippen molar-refractivity contribution >= 4 is 0 Å². The van der Waals surface area contributed by atoms with Crippen LogP contribution in [-0.2, 0) is 6.54 Å². The third kappa shape index (κ3) is 5.63.